The number of allylic oxidation sites excluding steroid dienone is 1. The molecule has 4 heteroatoms. The van der Waals surface area contributed by atoms with Gasteiger partial charge in [0.1, 0.15) is 18.1 Å². The Kier molecular flexibility index (Phi) is 5.62. The summed E-state index contributed by atoms with van der Waals surface area (Å²) in [5.41, 5.74) is 2.38. The zero-order valence-electron chi connectivity index (χ0n) is 13.1. The lowest BCUT2D eigenvalue weighted by Gasteiger charge is -2.09. The smallest absolute Gasteiger partial charge is 0.148 e. The van der Waals surface area contributed by atoms with Gasteiger partial charge in [-0.2, -0.15) is 10.5 Å². The third-order valence-electron chi connectivity index (χ3n) is 3.27. The summed E-state index contributed by atoms with van der Waals surface area (Å²) in [5.74, 6) is 3.62. The van der Waals surface area contributed by atoms with Gasteiger partial charge in [-0.05, 0) is 42.0 Å². The van der Waals surface area contributed by atoms with Crippen molar-refractivity contribution in [3.8, 4) is 36.0 Å². The van der Waals surface area contributed by atoms with E-state index in [0.717, 1.165) is 0 Å². The number of benzene rings is 2. The molecule has 0 aliphatic rings. The molecule has 0 heterocycles. The zero-order valence-corrected chi connectivity index (χ0v) is 13.1. The molecular weight excluding hydrogens is 300 g/mol. The van der Waals surface area contributed by atoms with E-state index in [1.54, 1.807) is 55.7 Å². The van der Waals surface area contributed by atoms with Gasteiger partial charge in [0.15, 0.2) is 0 Å². The Hall–Kier alpha value is -3.68. The molecule has 0 fully saturated rings. The first-order chi connectivity index (χ1) is 11.7. The van der Waals surface area contributed by atoms with Crippen LogP contribution < -0.4 is 9.47 Å². The number of methoxy groups -OCH3 is 1. The zero-order chi connectivity index (χ0) is 17.4. The second kappa shape index (κ2) is 8.08. The van der Waals surface area contributed by atoms with Gasteiger partial charge in [0, 0.05) is 5.56 Å². The highest BCUT2D eigenvalue weighted by Crippen LogP contribution is 2.28. The predicted molar refractivity (Wildman–Crippen MR) is 92.0 cm³/mol. The molecule has 0 aliphatic carbocycles. The SMILES string of the molecule is C#CCOc1ccc(OC)cc1/C=C(\C#N)c1ccc(C#N)cc1. The van der Waals surface area contributed by atoms with Crippen LogP contribution in [-0.4, -0.2) is 13.7 Å². The molecule has 0 atom stereocenters. The maximum Gasteiger partial charge on any atom is 0.148 e. The Morgan fingerprint density at radius 3 is 2.50 bits per heavy atom. The first kappa shape index (κ1) is 16.7. The average Bonchev–Trinajstić information content (AvgIpc) is 2.64. The van der Waals surface area contributed by atoms with Gasteiger partial charge in [0.25, 0.3) is 0 Å². The van der Waals surface area contributed by atoms with Crippen LogP contribution >= 0.6 is 0 Å². The van der Waals surface area contributed by atoms with Crippen molar-refractivity contribution >= 4 is 11.6 Å². The lowest BCUT2D eigenvalue weighted by atomic mass is 10.0. The van der Waals surface area contributed by atoms with Crippen molar-refractivity contribution in [2.24, 2.45) is 0 Å². The molecule has 2 aromatic carbocycles. The van der Waals surface area contributed by atoms with Crippen LogP contribution in [0.3, 0.4) is 0 Å². The van der Waals surface area contributed by atoms with Gasteiger partial charge in [-0.15, -0.1) is 6.42 Å². The lowest BCUT2D eigenvalue weighted by Crippen LogP contribution is -1.96. The number of hydrogen-bond acceptors (Lipinski definition) is 4. The summed E-state index contributed by atoms with van der Waals surface area (Å²) in [5, 5.41) is 18.3. The van der Waals surface area contributed by atoms with Crippen molar-refractivity contribution in [1.29, 1.82) is 10.5 Å². The minimum Gasteiger partial charge on any atom is -0.497 e. The number of hydrogen-bond donors (Lipinski definition) is 0. The van der Waals surface area contributed by atoms with E-state index < -0.39 is 0 Å². The Bertz CT molecular complexity index is 876. The van der Waals surface area contributed by atoms with Crippen LogP contribution in [0.4, 0.5) is 0 Å². The minimum absolute atomic E-state index is 0.131. The maximum absolute atomic E-state index is 9.47. The Morgan fingerprint density at radius 1 is 1.17 bits per heavy atom. The van der Waals surface area contributed by atoms with Crippen LogP contribution in [0.15, 0.2) is 42.5 Å². The molecule has 4 nitrogen and oxygen atoms in total. The molecule has 0 aromatic heterocycles. The second-order valence-corrected chi connectivity index (χ2v) is 4.76. The van der Waals surface area contributed by atoms with Crippen molar-refractivity contribution in [3.05, 3.63) is 59.2 Å². The Balaban J connectivity index is 2.47. The van der Waals surface area contributed by atoms with Gasteiger partial charge in [-0.1, -0.05) is 18.1 Å². The van der Waals surface area contributed by atoms with Gasteiger partial charge in [-0.25, -0.2) is 0 Å². The maximum atomic E-state index is 9.47. The third-order valence-corrected chi connectivity index (χ3v) is 3.27. The van der Waals surface area contributed by atoms with Gasteiger partial charge in [-0.3, -0.25) is 0 Å². The predicted octanol–water partition coefficient (Wildman–Crippen LogP) is 3.64. The van der Waals surface area contributed by atoms with Gasteiger partial charge in [0.05, 0.1) is 30.4 Å². The number of nitrogens with zero attached hydrogens (tertiary/aromatic N) is 2. The van der Waals surface area contributed by atoms with Gasteiger partial charge >= 0.3 is 0 Å². The molecule has 0 bridgehead atoms. The van der Waals surface area contributed by atoms with Gasteiger partial charge < -0.3 is 9.47 Å². The van der Waals surface area contributed by atoms with Crippen molar-refractivity contribution in [2.45, 2.75) is 0 Å². The number of ether oxygens (including phenoxy) is 2. The van der Waals surface area contributed by atoms with Crippen LogP contribution in [0, 0.1) is 35.0 Å². The van der Waals surface area contributed by atoms with E-state index in [9.17, 15) is 5.26 Å². The van der Waals surface area contributed by atoms with Crippen molar-refractivity contribution < 1.29 is 9.47 Å². The third kappa shape index (κ3) is 3.95. The second-order valence-electron chi connectivity index (χ2n) is 4.76. The van der Waals surface area contributed by atoms with E-state index in [4.69, 9.17) is 21.2 Å². The topological polar surface area (TPSA) is 66.0 Å². The molecule has 0 amide bonds. The highest BCUT2D eigenvalue weighted by Gasteiger charge is 2.07. The van der Waals surface area contributed by atoms with E-state index >= 15 is 0 Å². The normalized spacial score (nSPS) is 10.2. The van der Waals surface area contributed by atoms with Gasteiger partial charge in [0.2, 0.25) is 0 Å². The van der Waals surface area contributed by atoms with Crippen LogP contribution in [-0.2, 0) is 0 Å². The van der Waals surface area contributed by atoms with E-state index in [1.165, 1.54) is 0 Å². The van der Waals surface area contributed by atoms with Crippen LogP contribution in [0.25, 0.3) is 11.6 Å². The van der Waals surface area contributed by atoms with Crippen LogP contribution in [0.2, 0.25) is 0 Å². The van der Waals surface area contributed by atoms with Crippen molar-refractivity contribution in [1.82, 2.24) is 0 Å². The van der Waals surface area contributed by atoms with Crippen LogP contribution in [0.1, 0.15) is 16.7 Å². The molecule has 24 heavy (non-hydrogen) atoms. The monoisotopic (exact) mass is 314 g/mol. The largest absolute Gasteiger partial charge is 0.497 e. The first-order valence-electron chi connectivity index (χ1n) is 7.08. The molecular formula is C20H14N2O2. The highest BCUT2D eigenvalue weighted by molar-refractivity contribution is 5.90. The van der Waals surface area contributed by atoms with E-state index in [-0.39, 0.29) is 6.61 Å². The summed E-state index contributed by atoms with van der Waals surface area (Å²) in [7, 11) is 1.57. The Labute approximate surface area is 141 Å². The molecule has 0 saturated heterocycles. The summed E-state index contributed by atoms with van der Waals surface area (Å²) in [4.78, 5) is 0. The number of terminal acetylenes is 1. The lowest BCUT2D eigenvalue weighted by molar-refractivity contribution is 0.367. The molecule has 0 spiro atoms. The Morgan fingerprint density at radius 2 is 1.92 bits per heavy atom. The molecule has 2 aromatic rings. The quantitative estimate of drug-likeness (QED) is 0.480. The molecule has 116 valence electrons. The highest BCUT2D eigenvalue weighted by atomic mass is 16.5. The molecule has 0 saturated carbocycles. The van der Waals surface area contributed by atoms with E-state index in [2.05, 4.69) is 18.1 Å². The van der Waals surface area contributed by atoms with Crippen molar-refractivity contribution in [3.63, 3.8) is 0 Å². The summed E-state index contributed by atoms with van der Waals surface area (Å²) in [6.07, 6.45) is 6.94. The summed E-state index contributed by atoms with van der Waals surface area (Å²) >= 11 is 0. The first-order valence-corrected chi connectivity index (χ1v) is 7.08. The minimum atomic E-state index is 0.131. The van der Waals surface area contributed by atoms with Crippen LogP contribution in [0.5, 0.6) is 11.5 Å². The number of rotatable bonds is 5. The molecule has 0 radical (unpaired) electrons. The molecule has 2 rings (SSSR count). The molecule has 0 aliphatic heterocycles. The summed E-state index contributed by atoms with van der Waals surface area (Å²) < 4.78 is 10.7. The van der Waals surface area contributed by atoms with E-state index in [1.807, 2.05) is 0 Å². The fourth-order valence-corrected chi connectivity index (χ4v) is 2.08. The fourth-order valence-electron chi connectivity index (χ4n) is 2.08. The number of nitriles is 2. The van der Waals surface area contributed by atoms with Crippen molar-refractivity contribution in [2.75, 3.05) is 13.7 Å². The fraction of sp³-hybridized carbons (Fsp3) is 0.100. The van der Waals surface area contributed by atoms with E-state index in [0.29, 0.717) is 33.8 Å². The standard InChI is InChI=1S/C20H14N2O2/c1-3-10-24-20-9-8-19(23-2)12-17(20)11-18(14-22)16-6-4-15(13-21)5-7-16/h1,4-9,11-12H,10H2,2H3/b18-11+. The molecule has 0 N–H and O–H groups in total. The summed E-state index contributed by atoms with van der Waals surface area (Å²) in [6, 6.07) is 16.3. The average molecular weight is 314 g/mol. The summed E-state index contributed by atoms with van der Waals surface area (Å²) in [6.45, 7) is 0.131. The molecule has 0 unspecified atom stereocenters.